The molecule has 0 heterocycles. The Kier molecular flexibility index (Phi) is 2.64. The molecular weight excluding hydrogens is 184 g/mol. The lowest BCUT2D eigenvalue weighted by molar-refractivity contribution is 0.101. The Hall–Kier alpha value is -1.89. The lowest BCUT2D eigenvalue weighted by atomic mass is 10.0. The van der Waals surface area contributed by atoms with E-state index in [0.717, 1.165) is 16.7 Å². The van der Waals surface area contributed by atoms with Gasteiger partial charge in [-0.25, -0.2) is 0 Å². The van der Waals surface area contributed by atoms with Crippen molar-refractivity contribution in [2.24, 2.45) is 0 Å². The fourth-order valence-electron chi connectivity index (χ4n) is 1.46. The zero-order chi connectivity index (χ0) is 10.7. The summed E-state index contributed by atoms with van der Waals surface area (Å²) in [5, 5.41) is 0. The van der Waals surface area contributed by atoms with Gasteiger partial charge < -0.3 is 0 Å². The number of hydrogen-bond acceptors (Lipinski definition) is 1. The second-order valence-electron chi connectivity index (χ2n) is 3.41. The molecule has 0 atom stereocenters. The lowest BCUT2D eigenvalue weighted by Crippen LogP contribution is -1.90. The van der Waals surface area contributed by atoms with Gasteiger partial charge in [-0.2, -0.15) is 0 Å². The third kappa shape index (κ3) is 2.13. The number of carbonyl (C=O) groups excluding carboxylic acids is 1. The smallest absolute Gasteiger partial charge is 0.159 e. The maximum Gasteiger partial charge on any atom is 0.159 e. The van der Waals surface area contributed by atoms with E-state index >= 15 is 0 Å². The first-order valence-corrected chi connectivity index (χ1v) is 4.85. The van der Waals surface area contributed by atoms with Crippen LogP contribution in [0.3, 0.4) is 0 Å². The Balaban J connectivity index is 2.36. The molecule has 0 spiro atoms. The average Bonchev–Trinajstić information content (AvgIpc) is 2.30. The second-order valence-corrected chi connectivity index (χ2v) is 3.41. The van der Waals surface area contributed by atoms with E-state index in [1.54, 1.807) is 6.92 Å². The first-order valence-electron chi connectivity index (χ1n) is 4.85. The highest BCUT2D eigenvalue weighted by Crippen LogP contribution is 2.18. The van der Waals surface area contributed by atoms with Crippen LogP contribution in [0.4, 0.5) is 0 Å². The van der Waals surface area contributed by atoms with E-state index in [1.807, 2.05) is 48.5 Å². The van der Waals surface area contributed by atoms with Gasteiger partial charge in [0.2, 0.25) is 0 Å². The molecule has 0 amide bonds. The van der Waals surface area contributed by atoms with E-state index in [9.17, 15) is 4.79 Å². The van der Waals surface area contributed by atoms with Crippen molar-refractivity contribution in [2.75, 3.05) is 0 Å². The summed E-state index contributed by atoms with van der Waals surface area (Å²) in [5.41, 5.74) is 2.88. The minimum Gasteiger partial charge on any atom is -0.295 e. The van der Waals surface area contributed by atoms with Crippen LogP contribution in [0.1, 0.15) is 17.3 Å². The van der Waals surface area contributed by atoms with Crippen LogP contribution < -0.4 is 0 Å². The second kappa shape index (κ2) is 4.09. The van der Waals surface area contributed by atoms with Gasteiger partial charge in [-0.05, 0) is 24.1 Å². The van der Waals surface area contributed by atoms with Crippen molar-refractivity contribution in [1.82, 2.24) is 0 Å². The number of rotatable bonds is 2. The summed E-state index contributed by atoms with van der Waals surface area (Å²) in [7, 11) is 0. The van der Waals surface area contributed by atoms with Crippen molar-refractivity contribution < 1.29 is 4.79 Å². The highest BCUT2D eigenvalue weighted by Gasteiger charge is 2.00. The van der Waals surface area contributed by atoms with Crippen LogP contribution in [-0.4, -0.2) is 5.78 Å². The molecule has 0 aromatic heterocycles. The Morgan fingerprint density at radius 3 is 2.33 bits per heavy atom. The molecule has 0 aliphatic heterocycles. The summed E-state index contributed by atoms with van der Waals surface area (Å²) < 4.78 is 0. The van der Waals surface area contributed by atoms with Crippen LogP contribution in [0.5, 0.6) is 0 Å². The van der Waals surface area contributed by atoms with E-state index < -0.39 is 0 Å². The number of hydrogen-bond donors (Lipinski definition) is 0. The zero-order valence-electron chi connectivity index (χ0n) is 8.53. The van der Waals surface area contributed by atoms with Gasteiger partial charge in [0.1, 0.15) is 0 Å². The van der Waals surface area contributed by atoms with Crippen LogP contribution in [0.25, 0.3) is 11.1 Å². The van der Waals surface area contributed by atoms with Gasteiger partial charge in [-0.15, -0.1) is 0 Å². The van der Waals surface area contributed by atoms with Crippen molar-refractivity contribution in [1.29, 1.82) is 0 Å². The fraction of sp³-hybridized carbons (Fsp3) is 0.0714. The van der Waals surface area contributed by atoms with Crippen LogP contribution in [-0.2, 0) is 0 Å². The molecule has 0 bridgehead atoms. The first-order chi connectivity index (χ1) is 7.27. The zero-order valence-corrected chi connectivity index (χ0v) is 8.53. The van der Waals surface area contributed by atoms with Crippen molar-refractivity contribution >= 4 is 5.78 Å². The molecule has 0 N–H and O–H groups in total. The third-order valence-corrected chi connectivity index (χ3v) is 2.31. The van der Waals surface area contributed by atoms with Crippen LogP contribution in [0.15, 0.2) is 48.5 Å². The van der Waals surface area contributed by atoms with E-state index in [0.29, 0.717) is 0 Å². The number of carbonyl (C=O) groups is 1. The van der Waals surface area contributed by atoms with E-state index in [1.165, 1.54) is 0 Å². The largest absolute Gasteiger partial charge is 0.295 e. The molecule has 0 saturated carbocycles. The highest BCUT2D eigenvalue weighted by atomic mass is 16.1. The fourth-order valence-corrected chi connectivity index (χ4v) is 1.46. The molecule has 2 aromatic carbocycles. The van der Waals surface area contributed by atoms with E-state index in [2.05, 4.69) is 6.07 Å². The van der Waals surface area contributed by atoms with Gasteiger partial charge in [0.15, 0.2) is 5.78 Å². The number of Topliss-reactive ketones (excluding diaryl/α,β-unsaturated/α-hetero) is 1. The molecule has 0 aliphatic rings. The highest BCUT2D eigenvalue weighted by molar-refractivity contribution is 5.94. The SMILES string of the molecule is CC(=O)c1ccc(-c2[c]cccc2)cc1. The van der Waals surface area contributed by atoms with Crippen LogP contribution >= 0.6 is 0 Å². The predicted octanol–water partition coefficient (Wildman–Crippen LogP) is 3.36. The summed E-state index contributed by atoms with van der Waals surface area (Å²) in [6, 6.07) is 18.5. The molecular formula is C14H11O. The molecule has 73 valence electrons. The summed E-state index contributed by atoms with van der Waals surface area (Å²) in [4.78, 5) is 11.1. The van der Waals surface area contributed by atoms with Gasteiger partial charge in [0.25, 0.3) is 0 Å². The topological polar surface area (TPSA) is 17.1 Å². The monoisotopic (exact) mass is 195 g/mol. The van der Waals surface area contributed by atoms with Gasteiger partial charge >= 0.3 is 0 Å². The Morgan fingerprint density at radius 2 is 1.80 bits per heavy atom. The Labute approximate surface area is 89.4 Å². The maximum atomic E-state index is 11.1. The van der Waals surface area contributed by atoms with Gasteiger partial charge in [-0.3, -0.25) is 4.79 Å². The quantitative estimate of drug-likeness (QED) is 0.671. The summed E-state index contributed by atoms with van der Waals surface area (Å²) >= 11 is 0. The molecule has 0 aliphatic carbocycles. The molecule has 0 unspecified atom stereocenters. The molecule has 2 rings (SSSR count). The first kappa shape index (κ1) is 9.66. The van der Waals surface area contributed by atoms with Crippen LogP contribution in [0, 0.1) is 6.07 Å². The molecule has 0 saturated heterocycles. The van der Waals surface area contributed by atoms with Crippen molar-refractivity contribution in [3.05, 3.63) is 60.2 Å². The predicted molar refractivity (Wildman–Crippen MR) is 60.7 cm³/mol. The van der Waals surface area contributed by atoms with Crippen molar-refractivity contribution in [3.8, 4) is 11.1 Å². The average molecular weight is 195 g/mol. The van der Waals surface area contributed by atoms with Gasteiger partial charge in [0.05, 0.1) is 0 Å². The molecule has 1 nitrogen and oxygen atoms in total. The molecule has 2 aromatic rings. The molecule has 15 heavy (non-hydrogen) atoms. The lowest BCUT2D eigenvalue weighted by Gasteiger charge is -2.01. The maximum absolute atomic E-state index is 11.1. The molecule has 0 fully saturated rings. The minimum absolute atomic E-state index is 0.0959. The van der Waals surface area contributed by atoms with E-state index in [-0.39, 0.29) is 5.78 Å². The van der Waals surface area contributed by atoms with Crippen molar-refractivity contribution in [2.45, 2.75) is 6.92 Å². The van der Waals surface area contributed by atoms with Crippen LogP contribution in [0.2, 0.25) is 0 Å². The van der Waals surface area contributed by atoms with Crippen molar-refractivity contribution in [3.63, 3.8) is 0 Å². The Bertz CT molecular complexity index is 454. The third-order valence-electron chi connectivity index (χ3n) is 2.31. The molecule has 1 radical (unpaired) electrons. The van der Waals surface area contributed by atoms with Gasteiger partial charge in [-0.1, -0.05) is 48.5 Å². The summed E-state index contributed by atoms with van der Waals surface area (Å²) in [5.74, 6) is 0.0959. The molecule has 1 heteroatoms. The normalized spacial score (nSPS) is 9.93. The number of benzene rings is 2. The van der Waals surface area contributed by atoms with E-state index in [4.69, 9.17) is 0 Å². The summed E-state index contributed by atoms with van der Waals surface area (Å²) in [6.07, 6.45) is 0. The summed E-state index contributed by atoms with van der Waals surface area (Å²) in [6.45, 7) is 1.57. The minimum atomic E-state index is 0.0959. The number of ketones is 1. The standard InChI is InChI=1S/C14H11O/c1-11(15)12-7-9-14(10-8-12)13-5-3-2-4-6-13/h2-5,7-10H,1H3. The Morgan fingerprint density at radius 1 is 1.07 bits per heavy atom. The van der Waals surface area contributed by atoms with Gasteiger partial charge in [0, 0.05) is 5.56 Å².